The van der Waals surface area contributed by atoms with Crippen molar-refractivity contribution in [3.8, 4) is 5.75 Å². The van der Waals surface area contributed by atoms with Crippen molar-refractivity contribution < 1.29 is 19.4 Å². The molecule has 24 heavy (non-hydrogen) atoms. The van der Waals surface area contributed by atoms with Gasteiger partial charge in [0, 0.05) is 12.1 Å². The number of allylic oxidation sites excluding steroid dienone is 2. The number of benzene rings is 1. The Morgan fingerprint density at radius 2 is 1.96 bits per heavy atom. The van der Waals surface area contributed by atoms with E-state index in [1.807, 2.05) is 44.2 Å². The molecule has 0 saturated heterocycles. The topological polar surface area (TPSA) is 75.6 Å². The molecular weight excluding hydrogens is 306 g/mol. The fourth-order valence-corrected chi connectivity index (χ4v) is 3.91. The summed E-state index contributed by atoms with van der Waals surface area (Å²) in [5.74, 6) is -1.34. The van der Waals surface area contributed by atoms with E-state index < -0.39 is 17.8 Å². The standard InChI is InChI=1S/C19H23NO4/c1-3-24-15-8-11(2)4-5-14(15)10-20-18(21)16-12-6-7-13(9-12)17(16)19(22)23/h4-8,12-13,16-17H,3,9-10H2,1-2H3,(H,20,21)(H,22,23). The number of carbonyl (C=O) groups excluding carboxylic acids is 1. The molecule has 1 amide bonds. The minimum absolute atomic E-state index is 0.0124. The molecule has 0 heterocycles. The van der Waals surface area contributed by atoms with Crippen molar-refractivity contribution in [2.45, 2.75) is 26.8 Å². The third-order valence-corrected chi connectivity index (χ3v) is 5.02. The van der Waals surface area contributed by atoms with Gasteiger partial charge in [-0.1, -0.05) is 24.3 Å². The fraction of sp³-hybridized carbons (Fsp3) is 0.474. The molecule has 0 radical (unpaired) electrons. The van der Waals surface area contributed by atoms with E-state index in [1.165, 1.54) is 0 Å². The SMILES string of the molecule is CCOc1cc(C)ccc1CNC(=O)C1C2C=CC(C2)C1C(=O)O. The van der Waals surface area contributed by atoms with Gasteiger partial charge < -0.3 is 15.2 Å². The summed E-state index contributed by atoms with van der Waals surface area (Å²) < 4.78 is 5.63. The zero-order valence-corrected chi connectivity index (χ0v) is 14.0. The normalized spacial score (nSPS) is 27.2. The summed E-state index contributed by atoms with van der Waals surface area (Å²) in [6, 6.07) is 5.87. The Bertz CT molecular complexity index is 682. The van der Waals surface area contributed by atoms with Crippen LogP contribution in [0.5, 0.6) is 5.75 Å². The maximum atomic E-state index is 12.6. The van der Waals surface area contributed by atoms with E-state index in [0.717, 1.165) is 23.3 Å². The molecule has 128 valence electrons. The highest BCUT2D eigenvalue weighted by Crippen LogP contribution is 2.48. The van der Waals surface area contributed by atoms with Crippen molar-refractivity contribution in [2.24, 2.45) is 23.7 Å². The largest absolute Gasteiger partial charge is 0.494 e. The lowest BCUT2D eigenvalue weighted by Crippen LogP contribution is -2.39. The Hall–Kier alpha value is -2.30. The van der Waals surface area contributed by atoms with Crippen LogP contribution < -0.4 is 10.1 Å². The third-order valence-electron chi connectivity index (χ3n) is 5.02. The Labute approximate surface area is 141 Å². The zero-order chi connectivity index (χ0) is 17.3. The number of carbonyl (C=O) groups is 2. The molecule has 2 N–H and O–H groups in total. The Balaban J connectivity index is 1.70. The van der Waals surface area contributed by atoms with Gasteiger partial charge in [0.15, 0.2) is 0 Å². The fourth-order valence-electron chi connectivity index (χ4n) is 3.91. The van der Waals surface area contributed by atoms with E-state index in [9.17, 15) is 14.7 Å². The summed E-state index contributed by atoms with van der Waals surface area (Å²) in [7, 11) is 0. The first-order valence-corrected chi connectivity index (χ1v) is 8.42. The molecule has 4 unspecified atom stereocenters. The van der Waals surface area contributed by atoms with Gasteiger partial charge in [-0.15, -0.1) is 0 Å². The maximum absolute atomic E-state index is 12.6. The van der Waals surface area contributed by atoms with Gasteiger partial charge in [-0.25, -0.2) is 0 Å². The van der Waals surface area contributed by atoms with Crippen LogP contribution >= 0.6 is 0 Å². The molecule has 0 spiro atoms. The van der Waals surface area contributed by atoms with Gasteiger partial charge in [0.25, 0.3) is 0 Å². The second-order valence-corrected chi connectivity index (χ2v) is 6.60. The van der Waals surface area contributed by atoms with Crippen LogP contribution in [-0.2, 0) is 16.1 Å². The molecule has 0 aromatic heterocycles. The van der Waals surface area contributed by atoms with E-state index in [-0.39, 0.29) is 17.7 Å². The van der Waals surface area contributed by atoms with Gasteiger partial charge in [0.05, 0.1) is 18.4 Å². The molecule has 2 aliphatic carbocycles. The number of fused-ring (bicyclic) bond motifs is 2. The molecule has 2 bridgehead atoms. The smallest absolute Gasteiger partial charge is 0.307 e. The average Bonchev–Trinajstić information content (AvgIpc) is 3.15. The Morgan fingerprint density at radius 1 is 1.25 bits per heavy atom. The summed E-state index contributed by atoms with van der Waals surface area (Å²) in [5.41, 5.74) is 2.00. The van der Waals surface area contributed by atoms with Crippen molar-refractivity contribution in [3.63, 3.8) is 0 Å². The second-order valence-electron chi connectivity index (χ2n) is 6.60. The van der Waals surface area contributed by atoms with Crippen LogP contribution in [0.3, 0.4) is 0 Å². The van der Waals surface area contributed by atoms with E-state index in [1.54, 1.807) is 0 Å². The number of aliphatic carboxylic acids is 1. The molecule has 1 saturated carbocycles. The average molecular weight is 329 g/mol. The van der Waals surface area contributed by atoms with Crippen molar-refractivity contribution in [1.82, 2.24) is 5.32 Å². The number of rotatable bonds is 6. The van der Waals surface area contributed by atoms with E-state index in [0.29, 0.717) is 13.2 Å². The lowest BCUT2D eigenvalue weighted by Gasteiger charge is -2.24. The number of amides is 1. The van der Waals surface area contributed by atoms with Crippen LogP contribution in [-0.4, -0.2) is 23.6 Å². The van der Waals surface area contributed by atoms with Crippen molar-refractivity contribution in [2.75, 3.05) is 6.61 Å². The van der Waals surface area contributed by atoms with Crippen LogP contribution in [0.15, 0.2) is 30.4 Å². The van der Waals surface area contributed by atoms with Crippen LogP contribution in [0.4, 0.5) is 0 Å². The minimum atomic E-state index is -0.877. The molecule has 0 aliphatic heterocycles. The molecule has 1 fully saturated rings. The number of hydrogen-bond acceptors (Lipinski definition) is 3. The molecular formula is C19H23NO4. The summed E-state index contributed by atoms with van der Waals surface area (Å²) in [5, 5.41) is 12.4. The van der Waals surface area contributed by atoms with Gasteiger partial charge in [-0.05, 0) is 43.7 Å². The number of nitrogens with one attached hydrogen (secondary N) is 1. The van der Waals surface area contributed by atoms with Crippen molar-refractivity contribution >= 4 is 11.9 Å². The van der Waals surface area contributed by atoms with Crippen molar-refractivity contribution in [1.29, 1.82) is 0 Å². The number of carboxylic acid groups (broad SMARTS) is 1. The number of hydrogen-bond donors (Lipinski definition) is 2. The highest BCUT2D eigenvalue weighted by Gasteiger charge is 2.51. The van der Waals surface area contributed by atoms with Crippen molar-refractivity contribution in [3.05, 3.63) is 41.5 Å². The lowest BCUT2D eigenvalue weighted by molar-refractivity contribution is -0.147. The van der Waals surface area contributed by atoms with Crippen LogP contribution in [0.25, 0.3) is 0 Å². The zero-order valence-electron chi connectivity index (χ0n) is 14.0. The van der Waals surface area contributed by atoms with Gasteiger partial charge >= 0.3 is 5.97 Å². The van der Waals surface area contributed by atoms with Gasteiger partial charge in [0.2, 0.25) is 5.91 Å². The van der Waals surface area contributed by atoms with Gasteiger partial charge in [0.1, 0.15) is 5.75 Å². The van der Waals surface area contributed by atoms with Crippen LogP contribution in [0, 0.1) is 30.6 Å². The first-order valence-electron chi connectivity index (χ1n) is 8.42. The molecule has 2 aliphatic rings. The second kappa shape index (κ2) is 6.67. The predicted octanol–water partition coefficient (Wildman–Crippen LogP) is 2.53. The summed E-state index contributed by atoms with van der Waals surface area (Å²) in [6.45, 7) is 4.81. The molecule has 5 heteroatoms. The minimum Gasteiger partial charge on any atom is -0.494 e. The predicted molar refractivity (Wildman–Crippen MR) is 89.5 cm³/mol. The molecule has 5 nitrogen and oxygen atoms in total. The van der Waals surface area contributed by atoms with Gasteiger partial charge in [-0.2, -0.15) is 0 Å². The first-order chi connectivity index (χ1) is 11.5. The number of aryl methyl sites for hydroxylation is 1. The quantitative estimate of drug-likeness (QED) is 0.787. The Kier molecular flexibility index (Phi) is 4.60. The summed E-state index contributed by atoms with van der Waals surface area (Å²) >= 11 is 0. The summed E-state index contributed by atoms with van der Waals surface area (Å²) in [6.07, 6.45) is 4.70. The third kappa shape index (κ3) is 3.03. The monoisotopic (exact) mass is 329 g/mol. The maximum Gasteiger partial charge on any atom is 0.307 e. The number of carboxylic acids is 1. The van der Waals surface area contributed by atoms with Crippen LogP contribution in [0.1, 0.15) is 24.5 Å². The first kappa shape index (κ1) is 16.6. The summed E-state index contributed by atoms with van der Waals surface area (Å²) in [4.78, 5) is 24.1. The molecule has 3 rings (SSSR count). The van der Waals surface area contributed by atoms with E-state index in [4.69, 9.17) is 4.74 Å². The highest BCUT2D eigenvalue weighted by molar-refractivity contribution is 5.86. The highest BCUT2D eigenvalue weighted by atomic mass is 16.5. The lowest BCUT2D eigenvalue weighted by atomic mass is 9.82. The molecule has 1 aromatic carbocycles. The molecule has 4 atom stereocenters. The Morgan fingerprint density at radius 3 is 2.62 bits per heavy atom. The van der Waals surface area contributed by atoms with E-state index >= 15 is 0 Å². The van der Waals surface area contributed by atoms with Gasteiger partial charge in [-0.3, -0.25) is 9.59 Å². The number of ether oxygens (including phenoxy) is 1. The van der Waals surface area contributed by atoms with E-state index in [2.05, 4.69) is 5.32 Å². The molecule has 1 aromatic rings. The van der Waals surface area contributed by atoms with Crippen LogP contribution in [0.2, 0.25) is 0 Å².